The molecule has 0 spiro atoms. The van der Waals surface area contributed by atoms with E-state index in [-0.39, 0.29) is 17.7 Å². The Morgan fingerprint density at radius 1 is 0.556 bits per heavy atom. The lowest BCUT2D eigenvalue weighted by Crippen LogP contribution is -2.37. The van der Waals surface area contributed by atoms with E-state index in [0.717, 1.165) is 32.3 Å². The van der Waals surface area contributed by atoms with Crippen LogP contribution in [0.3, 0.4) is 0 Å². The van der Waals surface area contributed by atoms with E-state index < -0.39 is 0 Å². The molecule has 0 aromatic heterocycles. The summed E-state index contributed by atoms with van der Waals surface area (Å²) in [6.07, 6.45) is 44.2. The van der Waals surface area contributed by atoms with Crippen molar-refractivity contribution in [3.8, 4) is 0 Å². The zero-order valence-corrected chi connectivity index (χ0v) is 30.2. The standard InChI is InChI=1S/C21H36O4.2C10H20/c1-18(2)20(22)25-17-21(16-24-19-12-8-11-15-23-19)13-9-6-4-3-5-7-10-14-21;2*1-2-4-6-8-10-9-7-5-3-1/h19H,1,3-17H2,2H3;2*1-10H2. The van der Waals surface area contributed by atoms with Gasteiger partial charge >= 0.3 is 5.97 Å². The van der Waals surface area contributed by atoms with Crippen molar-refractivity contribution in [1.82, 2.24) is 0 Å². The SMILES string of the molecule is C1CCCCCCCCC1.C1CCCCCCCCC1.C=C(C)C(=O)OCC1(COC2CCCCO2)CCCCCCCCC1. The molecule has 0 aromatic rings. The summed E-state index contributed by atoms with van der Waals surface area (Å²) in [5.41, 5.74) is 0.384. The van der Waals surface area contributed by atoms with Crippen molar-refractivity contribution in [3.05, 3.63) is 12.2 Å². The molecule has 4 heteroatoms. The Balaban J connectivity index is 0.000000287. The summed E-state index contributed by atoms with van der Waals surface area (Å²) in [5.74, 6) is -0.287. The Hall–Kier alpha value is -0.870. The Labute approximate surface area is 280 Å². The molecule has 1 heterocycles. The Kier molecular flexibility index (Phi) is 25.2. The smallest absolute Gasteiger partial charge is 0.333 e. The molecule has 4 aliphatic rings. The second-order valence-corrected chi connectivity index (χ2v) is 15.0. The predicted octanol–water partition coefficient (Wildman–Crippen LogP) is 13.0. The van der Waals surface area contributed by atoms with E-state index in [2.05, 4.69) is 6.58 Å². The predicted molar refractivity (Wildman–Crippen MR) is 192 cm³/mol. The third-order valence-corrected chi connectivity index (χ3v) is 10.5. The summed E-state index contributed by atoms with van der Waals surface area (Å²) in [6, 6.07) is 0. The van der Waals surface area contributed by atoms with Gasteiger partial charge in [0, 0.05) is 17.6 Å². The first kappa shape index (κ1) is 40.3. The summed E-state index contributed by atoms with van der Waals surface area (Å²) < 4.78 is 17.5. The molecule has 4 fully saturated rings. The lowest BCUT2D eigenvalue weighted by Gasteiger charge is -2.36. The molecule has 1 aliphatic heterocycles. The highest BCUT2D eigenvalue weighted by atomic mass is 16.7. The van der Waals surface area contributed by atoms with E-state index in [1.807, 2.05) is 0 Å². The summed E-state index contributed by atoms with van der Waals surface area (Å²) in [7, 11) is 0. The number of rotatable bonds is 6. The third-order valence-electron chi connectivity index (χ3n) is 10.5. The van der Waals surface area contributed by atoms with Gasteiger partial charge in [0.15, 0.2) is 6.29 Å². The van der Waals surface area contributed by atoms with Gasteiger partial charge in [0.25, 0.3) is 0 Å². The van der Waals surface area contributed by atoms with Crippen LogP contribution in [0.4, 0.5) is 0 Å². The molecule has 4 nitrogen and oxygen atoms in total. The largest absolute Gasteiger partial charge is 0.462 e. The van der Waals surface area contributed by atoms with E-state index in [1.165, 1.54) is 180 Å². The second kappa shape index (κ2) is 28.2. The maximum Gasteiger partial charge on any atom is 0.333 e. The molecular formula is C41H76O4. The molecule has 4 rings (SSSR count). The first-order chi connectivity index (χ1) is 22.1. The van der Waals surface area contributed by atoms with Gasteiger partial charge < -0.3 is 14.2 Å². The fourth-order valence-electron chi connectivity index (χ4n) is 7.33. The highest BCUT2D eigenvalue weighted by Gasteiger charge is 2.33. The minimum absolute atomic E-state index is 0.0801. The fourth-order valence-corrected chi connectivity index (χ4v) is 7.33. The van der Waals surface area contributed by atoms with E-state index in [4.69, 9.17) is 14.2 Å². The second-order valence-electron chi connectivity index (χ2n) is 15.0. The first-order valence-electron chi connectivity index (χ1n) is 20.2. The molecule has 0 N–H and O–H groups in total. The van der Waals surface area contributed by atoms with Crippen LogP contribution < -0.4 is 0 Å². The summed E-state index contributed by atoms with van der Waals surface area (Å²) in [4.78, 5) is 11.9. The molecule has 0 amide bonds. The van der Waals surface area contributed by atoms with Gasteiger partial charge in [-0.3, -0.25) is 0 Å². The van der Waals surface area contributed by atoms with Crippen LogP contribution in [0, 0.1) is 5.41 Å². The van der Waals surface area contributed by atoms with E-state index >= 15 is 0 Å². The number of carbonyl (C=O) groups excluding carboxylic acids is 1. The van der Waals surface area contributed by atoms with Crippen molar-refractivity contribution in [2.24, 2.45) is 5.41 Å². The monoisotopic (exact) mass is 633 g/mol. The zero-order valence-electron chi connectivity index (χ0n) is 30.2. The summed E-state index contributed by atoms with van der Waals surface area (Å²) in [6.45, 7) is 7.26. The van der Waals surface area contributed by atoms with E-state index in [1.54, 1.807) is 6.92 Å². The van der Waals surface area contributed by atoms with Crippen LogP contribution in [0.15, 0.2) is 12.2 Å². The van der Waals surface area contributed by atoms with Gasteiger partial charge in [-0.05, 0) is 39.0 Å². The lowest BCUT2D eigenvalue weighted by molar-refractivity contribution is -0.187. The van der Waals surface area contributed by atoms with Crippen LogP contribution in [-0.2, 0) is 19.0 Å². The molecule has 1 saturated heterocycles. The van der Waals surface area contributed by atoms with Crippen molar-refractivity contribution in [1.29, 1.82) is 0 Å². The average molecular weight is 633 g/mol. The minimum atomic E-state index is -0.287. The zero-order chi connectivity index (χ0) is 32.1. The van der Waals surface area contributed by atoms with Crippen molar-refractivity contribution >= 4 is 5.97 Å². The van der Waals surface area contributed by atoms with Crippen molar-refractivity contribution in [3.63, 3.8) is 0 Å². The van der Waals surface area contributed by atoms with Gasteiger partial charge in [-0.2, -0.15) is 0 Å². The average Bonchev–Trinajstić information content (AvgIpc) is 3.08. The quantitative estimate of drug-likeness (QED) is 0.216. The van der Waals surface area contributed by atoms with E-state index in [0.29, 0.717) is 18.8 Å². The maximum absolute atomic E-state index is 11.9. The topological polar surface area (TPSA) is 44.8 Å². The number of carbonyl (C=O) groups is 1. The molecular weight excluding hydrogens is 556 g/mol. The highest BCUT2D eigenvalue weighted by Crippen LogP contribution is 2.35. The molecule has 3 aliphatic carbocycles. The lowest BCUT2D eigenvalue weighted by atomic mass is 9.78. The van der Waals surface area contributed by atoms with E-state index in [9.17, 15) is 4.79 Å². The molecule has 1 atom stereocenters. The molecule has 45 heavy (non-hydrogen) atoms. The maximum atomic E-state index is 11.9. The van der Waals surface area contributed by atoms with Crippen LogP contribution in [0.5, 0.6) is 0 Å². The molecule has 264 valence electrons. The van der Waals surface area contributed by atoms with Crippen molar-refractivity contribution < 1.29 is 19.0 Å². The van der Waals surface area contributed by atoms with Crippen LogP contribution in [-0.4, -0.2) is 32.1 Å². The fraction of sp³-hybridized carbons (Fsp3) is 0.927. The normalized spacial score (nSPS) is 24.6. The van der Waals surface area contributed by atoms with Crippen LogP contribution in [0.2, 0.25) is 0 Å². The first-order valence-corrected chi connectivity index (χ1v) is 20.2. The van der Waals surface area contributed by atoms with Crippen LogP contribution in [0.25, 0.3) is 0 Å². The summed E-state index contributed by atoms with van der Waals surface area (Å²) >= 11 is 0. The Morgan fingerprint density at radius 2 is 0.911 bits per heavy atom. The van der Waals surface area contributed by atoms with Gasteiger partial charge in [0.2, 0.25) is 0 Å². The molecule has 0 bridgehead atoms. The number of ether oxygens (including phenoxy) is 3. The molecule has 0 radical (unpaired) electrons. The van der Waals surface area contributed by atoms with Gasteiger partial charge in [-0.25, -0.2) is 4.79 Å². The van der Waals surface area contributed by atoms with Gasteiger partial charge in [-0.15, -0.1) is 0 Å². The van der Waals surface area contributed by atoms with Gasteiger partial charge in [-0.1, -0.05) is 180 Å². The Morgan fingerprint density at radius 3 is 1.22 bits per heavy atom. The minimum Gasteiger partial charge on any atom is -0.462 e. The molecule has 1 unspecified atom stereocenters. The summed E-state index contributed by atoms with van der Waals surface area (Å²) in [5, 5.41) is 0. The van der Waals surface area contributed by atoms with Gasteiger partial charge in [0.1, 0.15) is 0 Å². The van der Waals surface area contributed by atoms with Crippen molar-refractivity contribution in [2.75, 3.05) is 19.8 Å². The molecule has 0 aromatic carbocycles. The number of esters is 1. The third kappa shape index (κ3) is 22.4. The Bertz CT molecular complexity index is 601. The number of hydrogen-bond donors (Lipinski definition) is 0. The van der Waals surface area contributed by atoms with Crippen LogP contribution in [0.1, 0.15) is 212 Å². The number of hydrogen-bond acceptors (Lipinski definition) is 4. The molecule has 3 saturated carbocycles. The van der Waals surface area contributed by atoms with Crippen LogP contribution >= 0.6 is 0 Å². The van der Waals surface area contributed by atoms with Gasteiger partial charge in [0.05, 0.1) is 13.2 Å². The highest BCUT2D eigenvalue weighted by molar-refractivity contribution is 5.86. The van der Waals surface area contributed by atoms with Crippen molar-refractivity contribution in [2.45, 2.75) is 219 Å².